The molecule has 0 atom stereocenters. The van der Waals surface area contributed by atoms with Crippen LogP contribution in [0.5, 0.6) is 0 Å². The molecule has 1 saturated heterocycles. The maximum atomic E-state index is 13.2. The van der Waals surface area contributed by atoms with Crippen LogP contribution in [0.25, 0.3) is 0 Å². The highest BCUT2D eigenvalue weighted by molar-refractivity contribution is 5.96. The molecule has 29 heavy (non-hydrogen) atoms. The summed E-state index contributed by atoms with van der Waals surface area (Å²) < 4.78 is 6.46. The second kappa shape index (κ2) is 11.2. The summed E-state index contributed by atoms with van der Waals surface area (Å²) in [4.78, 5) is 43.8. The molecule has 0 aliphatic carbocycles. The highest BCUT2D eigenvalue weighted by atomic mass is 16.5. The van der Waals surface area contributed by atoms with E-state index in [1.807, 2.05) is 13.8 Å². The van der Waals surface area contributed by atoms with E-state index in [4.69, 9.17) is 10.5 Å². The minimum atomic E-state index is -0.648. The van der Waals surface area contributed by atoms with E-state index < -0.39 is 11.2 Å². The molecule has 0 unspecified atom stereocenters. The summed E-state index contributed by atoms with van der Waals surface area (Å²) >= 11 is 0. The number of H-pyrrole nitrogens is 1. The van der Waals surface area contributed by atoms with Gasteiger partial charge in [-0.15, -0.1) is 0 Å². The number of nitrogens with two attached hydrogens (primary N) is 1. The number of aromatic amines is 1. The number of likely N-dealkylation sites (tertiary alicyclic amines) is 1. The van der Waals surface area contributed by atoms with Crippen LogP contribution in [-0.2, 0) is 16.1 Å². The first-order valence-electron chi connectivity index (χ1n) is 10.5. The molecular weight excluding hydrogens is 374 g/mol. The van der Waals surface area contributed by atoms with Gasteiger partial charge in [0.25, 0.3) is 5.56 Å². The molecule has 9 nitrogen and oxygen atoms in total. The first-order valence-corrected chi connectivity index (χ1v) is 10.5. The van der Waals surface area contributed by atoms with Crippen molar-refractivity contribution in [1.82, 2.24) is 14.5 Å². The Morgan fingerprint density at radius 3 is 2.38 bits per heavy atom. The zero-order valence-electron chi connectivity index (χ0n) is 17.9. The van der Waals surface area contributed by atoms with Gasteiger partial charge in [-0.1, -0.05) is 33.1 Å². The second-order valence-corrected chi connectivity index (χ2v) is 8.08. The maximum absolute atomic E-state index is 13.2. The predicted molar refractivity (Wildman–Crippen MR) is 114 cm³/mol. The summed E-state index contributed by atoms with van der Waals surface area (Å²) in [6.07, 6.45) is 5.71. The lowest BCUT2D eigenvalue weighted by molar-refractivity contribution is -0.120. The van der Waals surface area contributed by atoms with Crippen LogP contribution in [0.2, 0.25) is 0 Å². The number of rotatable bonds is 8. The number of nitrogens with one attached hydrogen (secondary N) is 1. The van der Waals surface area contributed by atoms with Crippen LogP contribution in [0.1, 0.15) is 46.0 Å². The van der Waals surface area contributed by atoms with Gasteiger partial charge in [-0.3, -0.25) is 24.0 Å². The molecule has 1 aromatic rings. The number of anilines is 2. The van der Waals surface area contributed by atoms with Crippen molar-refractivity contribution >= 4 is 17.4 Å². The molecule has 0 aromatic carbocycles. The molecule has 1 fully saturated rings. The van der Waals surface area contributed by atoms with E-state index in [0.717, 1.165) is 25.9 Å². The SMILES string of the molecule is COCCN(C(=O)CN1CCCCCCC1)c1c(N)n(CC(C)C)c(=O)[nH]c1=O. The Labute approximate surface area is 171 Å². The van der Waals surface area contributed by atoms with Crippen molar-refractivity contribution in [3.05, 3.63) is 20.8 Å². The molecule has 0 saturated carbocycles. The second-order valence-electron chi connectivity index (χ2n) is 8.08. The van der Waals surface area contributed by atoms with E-state index >= 15 is 0 Å². The molecule has 2 rings (SSSR count). The molecule has 1 aromatic heterocycles. The molecule has 3 N–H and O–H groups in total. The monoisotopic (exact) mass is 409 g/mol. The number of hydrogen-bond donors (Lipinski definition) is 2. The largest absolute Gasteiger partial charge is 0.383 e. The van der Waals surface area contributed by atoms with E-state index in [0.29, 0.717) is 6.54 Å². The van der Waals surface area contributed by atoms with E-state index in [2.05, 4.69) is 9.88 Å². The van der Waals surface area contributed by atoms with Crippen LogP contribution in [-0.4, -0.2) is 60.3 Å². The standard InChI is InChI=1S/C20H35N5O4/c1-15(2)13-25-18(21)17(19(27)22-20(25)28)24(11-12-29-3)16(26)14-23-9-7-5-4-6-8-10-23/h15H,4-14,21H2,1-3H3,(H,22,27,28). The van der Waals surface area contributed by atoms with Gasteiger partial charge >= 0.3 is 5.69 Å². The summed E-state index contributed by atoms with van der Waals surface area (Å²) in [6.45, 7) is 6.65. The van der Waals surface area contributed by atoms with Crippen LogP contribution >= 0.6 is 0 Å². The lowest BCUT2D eigenvalue weighted by Gasteiger charge is -2.29. The number of ether oxygens (including phenoxy) is 1. The molecule has 2 heterocycles. The number of methoxy groups -OCH3 is 1. The van der Waals surface area contributed by atoms with Gasteiger partial charge in [0.05, 0.1) is 13.2 Å². The fraction of sp³-hybridized carbons (Fsp3) is 0.750. The maximum Gasteiger partial charge on any atom is 0.330 e. The van der Waals surface area contributed by atoms with Gasteiger partial charge in [-0.05, 0) is 31.8 Å². The van der Waals surface area contributed by atoms with E-state index in [9.17, 15) is 14.4 Å². The molecule has 1 aliphatic rings. The van der Waals surface area contributed by atoms with E-state index in [1.165, 1.54) is 35.8 Å². The molecule has 164 valence electrons. The van der Waals surface area contributed by atoms with Crippen LogP contribution < -0.4 is 21.9 Å². The number of hydrogen-bond acceptors (Lipinski definition) is 6. The number of amides is 1. The first kappa shape index (κ1) is 23.2. The Balaban J connectivity index is 2.34. The molecule has 9 heteroatoms. The molecule has 0 bridgehead atoms. The minimum absolute atomic E-state index is 0.0181. The quantitative estimate of drug-likeness (QED) is 0.663. The van der Waals surface area contributed by atoms with Gasteiger partial charge in [0.2, 0.25) is 5.91 Å². The number of carbonyl (C=O) groups excluding carboxylic acids is 1. The topological polar surface area (TPSA) is 114 Å². The third-order valence-corrected chi connectivity index (χ3v) is 5.16. The van der Waals surface area contributed by atoms with Crippen LogP contribution in [0.15, 0.2) is 9.59 Å². The Morgan fingerprint density at radius 1 is 1.17 bits per heavy atom. The summed E-state index contributed by atoms with van der Waals surface area (Å²) in [5, 5.41) is 0. The Bertz CT molecular complexity index is 778. The normalized spacial score (nSPS) is 15.9. The zero-order valence-corrected chi connectivity index (χ0v) is 17.9. The molecule has 1 amide bonds. The van der Waals surface area contributed by atoms with Crippen LogP contribution in [0.3, 0.4) is 0 Å². The third kappa shape index (κ3) is 6.43. The number of carbonyl (C=O) groups is 1. The third-order valence-electron chi connectivity index (χ3n) is 5.16. The molecule has 0 spiro atoms. The summed E-state index contributed by atoms with van der Waals surface area (Å²) in [6, 6.07) is 0. The van der Waals surface area contributed by atoms with Gasteiger partial charge in [0, 0.05) is 20.2 Å². The van der Waals surface area contributed by atoms with Crippen molar-refractivity contribution in [2.24, 2.45) is 5.92 Å². The molecule has 1 aliphatic heterocycles. The van der Waals surface area contributed by atoms with E-state index in [1.54, 1.807) is 0 Å². The van der Waals surface area contributed by atoms with E-state index in [-0.39, 0.29) is 43.0 Å². The Kier molecular flexibility index (Phi) is 8.91. The van der Waals surface area contributed by atoms with Gasteiger partial charge in [0.15, 0.2) is 5.69 Å². The minimum Gasteiger partial charge on any atom is -0.383 e. The van der Waals surface area contributed by atoms with Crippen molar-refractivity contribution in [1.29, 1.82) is 0 Å². The Hall–Kier alpha value is -2.13. The first-order chi connectivity index (χ1) is 13.8. The lowest BCUT2D eigenvalue weighted by atomic mass is 10.1. The van der Waals surface area contributed by atoms with Crippen LogP contribution in [0.4, 0.5) is 11.5 Å². The molecule has 0 radical (unpaired) electrons. The smallest absolute Gasteiger partial charge is 0.330 e. The Morgan fingerprint density at radius 2 is 1.79 bits per heavy atom. The highest BCUT2D eigenvalue weighted by Gasteiger charge is 2.26. The summed E-state index contributed by atoms with van der Waals surface area (Å²) in [5.41, 5.74) is 5.03. The zero-order chi connectivity index (χ0) is 21.4. The van der Waals surface area contributed by atoms with Crippen LogP contribution in [0, 0.1) is 5.92 Å². The van der Waals surface area contributed by atoms with Crippen molar-refractivity contribution in [2.45, 2.75) is 52.5 Å². The average Bonchev–Trinajstić information content (AvgIpc) is 2.63. The fourth-order valence-corrected chi connectivity index (χ4v) is 3.68. The van der Waals surface area contributed by atoms with Crippen molar-refractivity contribution in [3.63, 3.8) is 0 Å². The van der Waals surface area contributed by atoms with Gasteiger partial charge in [-0.25, -0.2) is 4.79 Å². The molecular formula is C20H35N5O4. The number of nitrogen functional groups attached to an aromatic ring is 1. The number of nitrogens with zero attached hydrogens (tertiary/aromatic N) is 3. The van der Waals surface area contributed by atoms with Crippen molar-refractivity contribution < 1.29 is 9.53 Å². The predicted octanol–water partition coefficient (Wildman–Crippen LogP) is 1.02. The van der Waals surface area contributed by atoms with Gasteiger partial charge in [0.1, 0.15) is 5.82 Å². The van der Waals surface area contributed by atoms with Gasteiger partial charge in [-0.2, -0.15) is 0 Å². The van der Waals surface area contributed by atoms with Crippen molar-refractivity contribution in [3.8, 4) is 0 Å². The van der Waals surface area contributed by atoms with Crippen molar-refractivity contribution in [2.75, 3.05) is 50.5 Å². The average molecular weight is 410 g/mol. The summed E-state index contributed by atoms with van der Waals surface area (Å²) in [5.74, 6) is -0.0444. The van der Waals surface area contributed by atoms with Gasteiger partial charge < -0.3 is 15.4 Å². The highest BCUT2D eigenvalue weighted by Crippen LogP contribution is 2.19. The fourth-order valence-electron chi connectivity index (χ4n) is 3.68. The number of aromatic nitrogens is 2. The summed E-state index contributed by atoms with van der Waals surface area (Å²) in [7, 11) is 1.54. The lowest BCUT2D eigenvalue weighted by Crippen LogP contribution is -2.47.